The second-order valence-corrected chi connectivity index (χ2v) is 8.08. The minimum absolute atomic E-state index is 0.327. The quantitative estimate of drug-likeness (QED) is 0.604. The molecule has 0 aromatic carbocycles. The summed E-state index contributed by atoms with van der Waals surface area (Å²) >= 11 is 3.97. The molecule has 74 valence electrons. The van der Waals surface area contributed by atoms with Crippen LogP contribution in [0, 0.1) is 47.3 Å². The molecule has 5 aliphatic rings. The van der Waals surface area contributed by atoms with Crippen LogP contribution >= 0.6 is 15.9 Å². The monoisotopic (exact) mass is 252 g/mol. The molecule has 0 heterocycles. The van der Waals surface area contributed by atoms with Gasteiger partial charge < -0.3 is 0 Å². The molecule has 0 aliphatic heterocycles. The third-order valence-electron chi connectivity index (χ3n) is 6.46. The summed E-state index contributed by atoms with van der Waals surface area (Å²) in [4.78, 5) is 12.2. The number of fused-ring (bicyclic) bond motifs is 2. The van der Waals surface area contributed by atoms with E-state index in [4.69, 9.17) is 0 Å². The Morgan fingerprint density at radius 1 is 1.21 bits per heavy atom. The molecule has 0 aromatic rings. The molecule has 5 aliphatic carbocycles. The lowest BCUT2D eigenvalue weighted by molar-refractivity contribution is -0.134. The molecular formula is C12H13BrO. The van der Waals surface area contributed by atoms with E-state index in [1.165, 1.54) is 6.42 Å². The molecule has 14 heavy (non-hydrogen) atoms. The van der Waals surface area contributed by atoms with E-state index >= 15 is 0 Å². The van der Waals surface area contributed by atoms with Gasteiger partial charge in [0, 0.05) is 16.2 Å². The van der Waals surface area contributed by atoms with E-state index < -0.39 is 0 Å². The first-order chi connectivity index (χ1) is 6.64. The van der Waals surface area contributed by atoms with Gasteiger partial charge >= 0.3 is 0 Å². The van der Waals surface area contributed by atoms with Crippen molar-refractivity contribution in [1.82, 2.24) is 0 Å². The van der Waals surface area contributed by atoms with Gasteiger partial charge in [-0.3, -0.25) is 4.79 Å². The van der Waals surface area contributed by atoms with Crippen molar-refractivity contribution in [3.63, 3.8) is 0 Å². The van der Waals surface area contributed by atoms with Gasteiger partial charge in [-0.1, -0.05) is 15.9 Å². The van der Waals surface area contributed by atoms with E-state index in [0.29, 0.717) is 27.9 Å². The van der Waals surface area contributed by atoms with Crippen molar-refractivity contribution in [2.45, 2.75) is 17.7 Å². The van der Waals surface area contributed by atoms with Crippen LogP contribution in [0.1, 0.15) is 13.3 Å². The summed E-state index contributed by atoms with van der Waals surface area (Å²) in [7, 11) is 0. The number of carbonyl (C=O) groups excluding carboxylic acids is 1. The van der Waals surface area contributed by atoms with E-state index in [9.17, 15) is 4.79 Å². The molecular weight excluding hydrogens is 240 g/mol. The number of carbonyl (C=O) groups is 1. The average Bonchev–Trinajstić information content (AvgIpc) is 2.52. The number of alkyl halides is 1. The molecule has 1 unspecified atom stereocenters. The second-order valence-electron chi connectivity index (χ2n) is 6.37. The molecule has 0 amide bonds. The molecule has 0 radical (unpaired) electrons. The van der Waals surface area contributed by atoms with E-state index in [-0.39, 0.29) is 0 Å². The van der Waals surface area contributed by atoms with Gasteiger partial charge in [0.25, 0.3) is 0 Å². The lowest BCUT2D eigenvalue weighted by atomic mass is 9.57. The number of Topliss-reactive ketones (excluding diaryl/α,β-unsaturated/α-hetero) is 1. The summed E-state index contributed by atoms with van der Waals surface area (Å²) < 4.78 is 0.327. The Hall–Kier alpha value is 0.150. The van der Waals surface area contributed by atoms with Gasteiger partial charge in [-0.15, -0.1) is 0 Å². The maximum atomic E-state index is 12.2. The SMILES string of the molecule is C[C@@]1(Br)[C@@H]2[C@H]3C(=O)[C@@H]4[C@H]5C([C@@H]2C[C@H]35)[C@@H]41. The zero-order valence-corrected chi connectivity index (χ0v) is 9.70. The minimum atomic E-state index is 0.327. The highest BCUT2D eigenvalue weighted by atomic mass is 79.9. The van der Waals surface area contributed by atoms with Gasteiger partial charge in [-0.05, 0) is 48.9 Å². The molecule has 5 saturated carbocycles. The molecule has 5 fully saturated rings. The van der Waals surface area contributed by atoms with Crippen molar-refractivity contribution in [3.8, 4) is 0 Å². The maximum absolute atomic E-state index is 12.2. The van der Waals surface area contributed by atoms with Gasteiger partial charge in [-0.25, -0.2) is 0 Å². The molecule has 9 atom stereocenters. The van der Waals surface area contributed by atoms with Crippen LogP contribution in [0.3, 0.4) is 0 Å². The summed E-state index contributed by atoms with van der Waals surface area (Å²) in [5.41, 5.74) is 0. The van der Waals surface area contributed by atoms with Gasteiger partial charge in [0.1, 0.15) is 5.78 Å². The van der Waals surface area contributed by atoms with Crippen LogP contribution < -0.4 is 0 Å². The third kappa shape index (κ3) is 0.417. The number of rotatable bonds is 0. The third-order valence-corrected chi connectivity index (χ3v) is 7.52. The largest absolute Gasteiger partial charge is 0.299 e. The first-order valence-corrected chi connectivity index (χ1v) is 6.66. The molecule has 0 saturated heterocycles. The first kappa shape index (κ1) is 7.43. The first-order valence-electron chi connectivity index (χ1n) is 5.86. The Kier molecular flexibility index (Phi) is 0.883. The summed E-state index contributed by atoms with van der Waals surface area (Å²) in [5.74, 6) is 6.61. The average molecular weight is 253 g/mol. The Bertz CT molecular complexity index is 388. The summed E-state index contributed by atoms with van der Waals surface area (Å²) in [5, 5.41) is 0. The molecule has 0 spiro atoms. The van der Waals surface area contributed by atoms with Gasteiger partial charge in [-0.2, -0.15) is 0 Å². The molecule has 0 N–H and O–H groups in total. The highest BCUT2D eigenvalue weighted by Gasteiger charge is 2.86. The van der Waals surface area contributed by atoms with E-state index in [0.717, 1.165) is 29.6 Å². The Labute approximate surface area is 91.8 Å². The Morgan fingerprint density at radius 3 is 2.79 bits per heavy atom. The van der Waals surface area contributed by atoms with Crippen LogP contribution in [-0.2, 0) is 4.79 Å². The molecule has 5 rings (SSSR count). The fourth-order valence-corrected chi connectivity index (χ4v) is 7.76. The lowest BCUT2D eigenvalue weighted by Gasteiger charge is -2.49. The van der Waals surface area contributed by atoms with Crippen LogP contribution in [0.25, 0.3) is 0 Å². The molecule has 2 bridgehead atoms. The lowest BCUT2D eigenvalue weighted by Crippen LogP contribution is -2.53. The number of halogens is 1. The zero-order valence-electron chi connectivity index (χ0n) is 8.11. The number of hydrogen-bond donors (Lipinski definition) is 0. The fourth-order valence-electron chi connectivity index (χ4n) is 6.54. The number of hydrogen-bond acceptors (Lipinski definition) is 1. The normalized spacial score (nSPS) is 80.3. The second kappa shape index (κ2) is 1.66. The Morgan fingerprint density at radius 2 is 2.00 bits per heavy atom. The highest BCUT2D eigenvalue weighted by Crippen LogP contribution is 2.85. The van der Waals surface area contributed by atoms with Crippen LogP contribution in [0.4, 0.5) is 0 Å². The topological polar surface area (TPSA) is 17.1 Å². The van der Waals surface area contributed by atoms with Crippen molar-refractivity contribution in [2.24, 2.45) is 47.3 Å². The van der Waals surface area contributed by atoms with Crippen molar-refractivity contribution in [1.29, 1.82) is 0 Å². The molecule has 0 aromatic heterocycles. The van der Waals surface area contributed by atoms with Crippen molar-refractivity contribution in [2.75, 3.05) is 0 Å². The maximum Gasteiger partial charge on any atom is 0.140 e. The van der Waals surface area contributed by atoms with Crippen LogP contribution in [-0.4, -0.2) is 10.1 Å². The minimum Gasteiger partial charge on any atom is -0.299 e. The summed E-state index contributed by atoms with van der Waals surface area (Å²) in [6.07, 6.45) is 1.39. The predicted octanol–water partition coefficient (Wildman–Crippen LogP) is 2.10. The highest BCUT2D eigenvalue weighted by molar-refractivity contribution is 9.10. The zero-order chi connectivity index (χ0) is 9.40. The van der Waals surface area contributed by atoms with E-state index in [1.54, 1.807) is 0 Å². The van der Waals surface area contributed by atoms with Gasteiger partial charge in [0.15, 0.2) is 0 Å². The smallest absolute Gasteiger partial charge is 0.140 e. The van der Waals surface area contributed by atoms with Crippen LogP contribution in [0.2, 0.25) is 0 Å². The summed E-state index contributed by atoms with van der Waals surface area (Å²) in [6.45, 7) is 2.37. The fraction of sp³-hybridized carbons (Fsp3) is 0.917. The van der Waals surface area contributed by atoms with Crippen molar-refractivity contribution >= 4 is 21.7 Å². The van der Waals surface area contributed by atoms with Crippen molar-refractivity contribution < 1.29 is 4.79 Å². The molecule has 2 heteroatoms. The molecule has 1 nitrogen and oxygen atoms in total. The summed E-state index contributed by atoms with van der Waals surface area (Å²) in [6, 6.07) is 0. The van der Waals surface area contributed by atoms with E-state index in [2.05, 4.69) is 22.9 Å². The Balaban J connectivity index is 1.87. The van der Waals surface area contributed by atoms with Crippen molar-refractivity contribution in [3.05, 3.63) is 0 Å². The van der Waals surface area contributed by atoms with E-state index in [1.807, 2.05) is 0 Å². The number of ketones is 1. The predicted molar refractivity (Wildman–Crippen MR) is 54.9 cm³/mol. The van der Waals surface area contributed by atoms with Crippen LogP contribution in [0.5, 0.6) is 0 Å². The van der Waals surface area contributed by atoms with Crippen LogP contribution in [0.15, 0.2) is 0 Å². The van der Waals surface area contributed by atoms with Gasteiger partial charge in [0.05, 0.1) is 0 Å². The standard InChI is InChI=1S/C12H13BrO/c1-12(13)9-4-2-3-5-6(4)10(12)8(5)11(14)7(3)9/h3-10H,2H2,1H3/t3-,4-,5+,6?,7-,8+,9-,10-,12+/m0/s1. The van der Waals surface area contributed by atoms with Gasteiger partial charge in [0.2, 0.25) is 0 Å².